The molecule has 3 aliphatic rings. The molecule has 2 aliphatic carbocycles. The molecule has 3 aromatic rings. The average Bonchev–Trinajstić information content (AvgIpc) is 3.75. The number of rotatable bonds is 7. The molecule has 1 saturated heterocycles. The first-order chi connectivity index (χ1) is 17.9. The van der Waals surface area contributed by atoms with Crippen molar-refractivity contribution in [2.45, 2.75) is 51.0 Å². The van der Waals surface area contributed by atoms with Crippen LogP contribution in [-0.2, 0) is 11.8 Å². The van der Waals surface area contributed by atoms with Crippen LogP contribution in [0.4, 0.5) is 0 Å². The number of carbonyl (C=O) groups excluding carboxylic acids is 2. The van der Waals surface area contributed by atoms with Crippen LogP contribution in [0.1, 0.15) is 65.0 Å². The van der Waals surface area contributed by atoms with Crippen LogP contribution >= 0.6 is 0 Å². The van der Waals surface area contributed by atoms with Gasteiger partial charge in [-0.3, -0.25) is 14.5 Å². The minimum absolute atomic E-state index is 0.0280. The number of benzene rings is 3. The second-order valence-electron chi connectivity index (χ2n) is 11.5. The fourth-order valence-electron chi connectivity index (χ4n) is 6.47. The van der Waals surface area contributed by atoms with Gasteiger partial charge in [0.25, 0.3) is 5.91 Å². The van der Waals surface area contributed by atoms with Crippen molar-refractivity contribution in [2.75, 3.05) is 19.6 Å². The number of likely N-dealkylation sites (tertiary alicyclic amines) is 1. The maximum absolute atomic E-state index is 13.6. The van der Waals surface area contributed by atoms with Gasteiger partial charge in [-0.2, -0.15) is 0 Å². The van der Waals surface area contributed by atoms with E-state index in [4.69, 9.17) is 0 Å². The molecule has 3 aromatic carbocycles. The largest absolute Gasteiger partial charge is 0.352 e. The molecule has 6 rings (SSSR count). The Kier molecular flexibility index (Phi) is 6.24. The standard InChI is InChI=1S/C33H36N2O2/c1-22-30-31(36)28-15-14-27(20-29(28)33(22,2)17-19-35(30)21-24-8-9-24)32(37)34-18-16-23-10-12-26(13-11-23)25-6-4-3-5-7-25/h3-7,10-15,20,22,24,30H,8-9,16-19,21H2,1-2H3,(H,34,37). The molecular formula is C33H36N2O2. The lowest BCUT2D eigenvalue weighted by molar-refractivity contribution is 0.0265. The van der Waals surface area contributed by atoms with Crippen LogP contribution in [0.2, 0.25) is 0 Å². The lowest BCUT2D eigenvalue weighted by Crippen LogP contribution is -2.61. The van der Waals surface area contributed by atoms with Gasteiger partial charge in [-0.15, -0.1) is 0 Å². The number of Topliss-reactive ketones (excluding diaryl/α,β-unsaturated/α-hetero) is 1. The van der Waals surface area contributed by atoms with Gasteiger partial charge in [-0.05, 0) is 83.9 Å². The van der Waals surface area contributed by atoms with Crippen LogP contribution in [0.5, 0.6) is 0 Å². The molecule has 1 heterocycles. The number of carbonyl (C=O) groups is 2. The zero-order valence-electron chi connectivity index (χ0n) is 21.9. The molecule has 0 radical (unpaired) electrons. The smallest absolute Gasteiger partial charge is 0.251 e. The molecule has 4 nitrogen and oxygen atoms in total. The summed E-state index contributed by atoms with van der Waals surface area (Å²) in [6, 6.07) is 24.6. The summed E-state index contributed by atoms with van der Waals surface area (Å²) < 4.78 is 0. The minimum atomic E-state index is -0.0786. The Balaban J connectivity index is 1.13. The Morgan fingerprint density at radius 3 is 2.46 bits per heavy atom. The molecule has 0 aromatic heterocycles. The molecule has 1 aliphatic heterocycles. The number of ketones is 1. The maximum Gasteiger partial charge on any atom is 0.251 e. The Hall–Kier alpha value is -3.24. The van der Waals surface area contributed by atoms with Crippen molar-refractivity contribution in [3.63, 3.8) is 0 Å². The fourth-order valence-corrected chi connectivity index (χ4v) is 6.47. The number of nitrogens with zero attached hydrogens (tertiary/aromatic N) is 1. The molecule has 190 valence electrons. The van der Waals surface area contributed by atoms with Crippen molar-refractivity contribution in [3.05, 3.63) is 95.1 Å². The van der Waals surface area contributed by atoms with E-state index in [9.17, 15) is 9.59 Å². The average molecular weight is 493 g/mol. The monoisotopic (exact) mass is 492 g/mol. The molecule has 37 heavy (non-hydrogen) atoms. The summed E-state index contributed by atoms with van der Waals surface area (Å²) in [5.74, 6) is 1.20. The van der Waals surface area contributed by atoms with E-state index in [1.807, 2.05) is 36.4 Å². The minimum Gasteiger partial charge on any atom is -0.352 e. The molecule has 1 saturated carbocycles. The zero-order valence-corrected chi connectivity index (χ0v) is 21.9. The van der Waals surface area contributed by atoms with Crippen molar-refractivity contribution < 1.29 is 9.59 Å². The molecule has 2 bridgehead atoms. The van der Waals surface area contributed by atoms with Gasteiger partial charge in [0.2, 0.25) is 0 Å². The van der Waals surface area contributed by atoms with E-state index in [0.29, 0.717) is 12.1 Å². The summed E-state index contributed by atoms with van der Waals surface area (Å²) in [5, 5.41) is 3.09. The van der Waals surface area contributed by atoms with E-state index in [2.05, 4.69) is 60.5 Å². The van der Waals surface area contributed by atoms with Crippen LogP contribution in [0.25, 0.3) is 11.1 Å². The number of hydrogen-bond acceptors (Lipinski definition) is 3. The molecule has 1 N–H and O–H groups in total. The quantitative estimate of drug-likeness (QED) is 0.447. The first kappa shape index (κ1) is 24.1. The number of piperidine rings is 1. The van der Waals surface area contributed by atoms with Gasteiger partial charge < -0.3 is 5.32 Å². The molecule has 0 spiro atoms. The summed E-state index contributed by atoms with van der Waals surface area (Å²) in [5.41, 5.74) is 6.05. The van der Waals surface area contributed by atoms with Gasteiger partial charge in [0, 0.05) is 24.2 Å². The maximum atomic E-state index is 13.6. The third-order valence-corrected chi connectivity index (χ3v) is 9.17. The van der Waals surface area contributed by atoms with E-state index in [-0.39, 0.29) is 29.1 Å². The van der Waals surface area contributed by atoms with Crippen molar-refractivity contribution >= 4 is 11.7 Å². The number of fused-ring (bicyclic) bond motifs is 4. The van der Waals surface area contributed by atoms with Crippen molar-refractivity contribution in [1.29, 1.82) is 0 Å². The van der Waals surface area contributed by atoms with E-state index >= 15 is 0 Å². The van der Waals surface area contributed by atoms with Gasteiger partial charge >= 0.3 is 0 Å². The topological polar surface area (TPSA) is 49.4 Å². The predicted octanol–water partition coefficient (Wildman–Crippen LogP) is 5.90. The first-order valence-corrected chi connectivity index (χ1v) is 13.8. The SMILES string of the molecule is CC1C2C(=O)c3ccc(C(=O)NCCc4ccc(-c5ccccc5)cc4)cc3C1(C)CCN2CC1CC1. The molecule has 3 unspecified atom stereocenters. The molecule has 2 fully saturated rings. The lowest BCUT2D eigenvalue weighted by atomic mass is 9.58. The Morgan fingerprint density at radius 1 is 1.00 bits per heavy atom. The van der Waals surface area contributed by atoms with Crippen LogP contribution in [-0.4, -0.2) is 42.3 Å². The van der Waals surface area contributed by atoms with Gasteiger partial charge in [0.15, 0.2) is 5.78 Å². The number of hydrogen-bond donors (Lipinski definition) is 1. The number of nitrogens with one attached hydrogen (secondary N) is 1. The third-order valence-electron chi connectivity index (χ3n) is 9.17. The summed E-state index contributed by atoms with van der Waals surface area (Å²) in [6.45, 7) is 7.13. The molecule has 4 heteroatoms. The van der Waals surface area contributed by atoms with Crippen LogP contribution in [0.15, 0.2) is 72.8 Å². The van der Waals surface area contributed by atoms with Gasteiger partial charge in [-0.1, -0.05) is 74.5 Å². The second-order valence-corrected chi connectivity index (χ2v) is 11.5. The second kappa shape index (κ2) is 9.57. The van der Waals surface area contributed by atoms with E-state index < -0.39 is 0 Å². The van der Waals surface area contributed by atoms with Crippen LogP contribution in [0.3, 0.4) is 0 Å². The lowest BCUT2D eigenvalue weighted by Gasteiger charge is -2.53. The Labute approximate surface area is 220 Å². The van der Waals surface area contributed by atoms with Gasteiger partial charge in [0.05, 0.1) is 6.04 Å². The fraction of sp³-hybridized carbons (Fsp3) is 0.394. The van der Waals surface area contributed by atoms with Crippen molar-refractivity contribution in [1.82, 2.24) is 10.2 Å². The van der Waals surface area contributed by atoms with E-state index in [0.717, 1.165) is 43.0 Å². The van der Waals surface area contributed by atoms with Gasteiger partial charge in [-0.25, -0.2) is 0 Å². The molecule has 1 amide bonds. The van der Waals surface area contributed by atoms with E-state index in [1.54, 1.807) is 0 Å². The van der Waals surface area contributed by atoms with Gasteiger partial charge in [0.1, 0.15) is 0 Å². The summed E-state index contributed by atoms with van der Waals surface area (Å²) in [7, 11) is 0. The number of amides is 1. The summed E-state index contributed by atoms with van der Waals surface area (Å²) >= 11 is 0. The first-order valence-electron chi connectivity index (χ1n) is 13.8. The summed E-state index contributed by atoms with van der Waals surface area (Å²) in [6.07, 6.45) is 4.41. The third kappa shape index (κ3) is 4.53. The highest BCUT2D eigenvalue weighted by Gasteiger charge is 2.53. The predicted molar refractivity (Wildman–Crippen MR) is 148 cm³/mol. The highest BCUT2D eigenvalue weighted by Crippen LogP contribution is 2.49. The normalized spacial score (nSPS) is 25.0. The van der Waals surface area contributed by atoms with E-state index in [1.165, 1.54) is 29.5 Å². The Morgan fingerprint density at radius 2 is 1.73 bits per heavy atom. The van der Waals surface area contributed by atoms with Crippen LogP contribution < -0.4 is 5.32 Å². The Bertz CT molecular complexity index is 1310. The molecule has 3 atom stereocenters. The van der Waals surface area contributed by atoms with Crippen LogP contribution in [0, 0.1) is 11.8 Å². The van der Waals surface area contributed by atoms with Crippen molar-refractivity contribution in [3.8, 4) is 11.1 Å². The highest BCUT2D eigenvalue weighted by molar-refractivity contribution is 6.05. The highest BCUT2D eigenvalue weighted by atomic mass is 16.1. The summed E-state index contributed by atoms with van der Waals surface area (Å²) in [4.78, 5) is 29.1. The van der Waals surface area contributed by atoms with Crippen molar-refractivity contribution in [2.24, 2.45) is 11.8 Å². The zero-order chi connectivity index (χ0) is 25.6. The molecular weight excluding hydrogens is 456 g/mol.